The smallest absolute Gasteiger partial charge is 0.0976 e. The third-order valence-electron chi connectivity index (χ3n) is 2.89. The van der Waals surface area contributed by atoms with Crippen molar-refractivity contribution in [1.82, 2.24) is 4.98 Å². The summed E-state index contributed by atoms with van der Waals surface area (Å²) in [6, 6.07) is 18.7. The highest BCUT2D eigenvalue weighted by Crippen LogP contribution is 2.24. The van der Waals surface area contributed by atoms with Crippen molar-refractivity contribution in [1.29, 1.82) is 0 Å². The first-order chi connectivity index (χ1) is 9.31. The van der Waals surface area contributed by atoms with E-state index in [0.717, 1.165) is 21.6 Å². The van der Waals surface area contributed by atoms with Crippen LogP contribution < -0.4 is 0 Å². The van der Waals surface area contributed by atoms with Crippen LogP contribution in [0.25, 0.3) is 11.3 Å². The number of nitrogens with zero attached hydrogens (tertiary/aromatic N) is 1. The molecule has 2 aromatic carbocycles. The number of benzene rings is 2. The second-order valence-corrected chi connectivity index (χ2v) is 6.15. The summed E-state index contributed by atoms with van der Waals surface area (Å²) in [6.07, 6.45) is 0.905. The van der Waals surface area contributed by atoms with Gasteiger partial charge in [0.25, 0.3) is 0 Å². The molecule has 0 aliphatic rings. The zero-order valence-electron chi connectivity index (χ0n) is 10.2. The van der Waals surface area contributed by atoms with Crippen LogP contribution in [0.4, 0.5) is 0 Å². The van der Waals surface area contributed by atoms with E-state index in [1.807, 2.05) is 18.2 Å². The van der Waals surface area contributed by atoms with E-state index in [1.165, 1.54) is 11.1 Å². The van der Waals surface area contributed by atoms with E-state index in [0.29, 0.717) is 0 Å². The first kappa shape index (κ1) is 12.6. The maximum absolute atomic E-state index is 4.71. The zero-order chi connectivity index (χ0) is 13.1. The molecule has 0 aliphatic heterocycles. The summed E-state index contributed by atoms with van der Waals surface area (Å²) < 4.78 is 1.09. The molecule has 19 heavy (non-hydrogen) atoms. The Morgan fingerprint density at radius 1 is 0.947 bits per heavy atom. The van der Waals surface area contributed by atoms with Crippen LogP contribution in [-0.4, -0.2) is 4.98 Å². The van der Waals surface area contributed by atoms with Gasteiger partial charge >= 0.3 is 0 Å². The van der Waals surface area contributed by atoms with Gasteiger partial charge in [-0.05, 0) is 17.7 Å². The van der Waals surface area contributed by atoms with E-state index in [9.17, 15) is 0 Å². The lowest BCUT2D eigenvalue weighted by Gasteiger charge is -1.98. The summed E-state index contributed by atoms with van der Waals surface area (Å²) >= 11 is 5.17. The number of aromatic nitrogens is 1. The molecule has 1 nitrogen and oxygen atoms in total. The Bertz CT molecular complexity index is 659. The minimum Gasteiger partial charge on any atom is -0.241 e. The fraction of sp³-hybridized carbons (Fsp3) is 0.0625. The summed E-state index contributed by atoms with van der Waals surface area (Å²) in [5.74, 6) is 0. The molecule has 0 spiro atoms. The number of thiazole rings is 1. The molecule has 0 N–H and O–H groups in total. The average molecular weight is 330 g/mol. The van der Waals surface area contributed by atoms with Gasteiger partial charge in [0.2, 0.25) is 0 Å². The van der Waals surface area contributed by atoms with Crippen LogP contribution in [0, 0.1) is 0 Å². The van der Waals surface area contributed by atoms with E-state index in [1.54, 1.807) is 11.3 Å². The Labute approximate surface area is 125 Å². The van der Waals surface area contributed by atoms with Crippen LogP contribution in [0.15, 0.2) is 64.5 Å². The number of halogens is 1. The standard InChI is InChI=1S/C16H12BrNS/c17-14-8-6-13(7-9-14)15-11-19-16(18-15)10-12-4-2-1-3-5-12/h1-9,11H,10H2. The van der Waals surface area contributed by atoms with Gasteiger partial charge in [-0.3, -0.25) is 0 Å². The van der Waals surface area contributed by atoms with Crippen molar-refractivity contribution in [3.63, 3.8) is 0 Å². The van der Waals surface area contributed by atoms with E-state index < -0.39 is 0 Å². The number of hydrogen-bond donors (Lipinski definition) is 0. The predicted octanol–water partition coefficient (Wildman–Crippen LogP) is 5.16. The highest BCUT2D eigenvalue weighted by molar-refractivity contribution is 9.10. The quantitative estimate of drug-likeness (QED) is 0.646. The highest BCUT2D eigenvalue weighted by atomic mass is 79.9. The Kier molecular flexibility index (Phi) is 3.76. The van der Waals surface area contributed by atoms with E-state index in [2.05, 4.69) is 57.7 Å². The third kappa shape index (κ3) is 3.11. The normalized spacial score (nSPS) is 10.6. The number of hydrogen-bond acceptors (Lipinski definition) is 2. The van der Waals surface area contributed by atoms with Crippen LogP contribution >= 0.6 is 27.3 Å². The summed E-state index contributed by atoms with van der Waals surface area (Å²) in [5, 5.41) is 3.28. The third-order valence-corrected chi connectivity index (χ3v) is 4.27. The van der Waals surface area contributed by atoms with Gasteiger partial charge in [0.15, 0.2) is 0 Å². The Balaban J connectivity index is 1.82. The summed E-state index contributed by atoms with van der Waals surface area (Å²) in [6.45, 7) is 0. The zero-order valence-corrected chi connectivity index (χ0v) is 12.6. The fourth-order valence-corrected chi connectivity index (χ4v) is 3.02. The van der Waals surface area contributed by atoms with Crippen molar-refractivity contribution in [2.75, 3.05) is 0 Å². The molecule has 3 aromatic rings. The van der Waals surface area contributed by atoms with Crippen molar-refractivity contribution in [2.45, 2.75) is 6.42 Å². The maximum Gasteiger partial charge on any atom is 0.0976 e. The van der Waals surface area contributed by atoms with Gasteiger partial charge in [0, 0.05) is 21.8 Å². The van der Waals surface area contributed by atoms with E-state index in [-0.39, 0.29) is 0 Å². The lowest BCUT2D eigenvalue weighted by atomic mass is 10.1. The Morgan fingerprint density at radius 3 is 2.42 bits per heavy atom. The molecule has 0 fully saturated rings. The molecule has 3 heteroatoms. The molecule has 0 saturated heterocycles. The lowest BCUT2D eigenvalue weighted by molar-refractivity contribution is 1.14. The molecule has 0 saturated carbocycles. The minimum atomic E-state index is 0.905. The van der Waals surface area contributed by atoms with Crippen LogP contribution in [0.3, 0.4) is 0 Å². The molecule has 1 heterocycles. The summed E-state index contributed by atoms with van der Waals surface area (Å²) in [4.78, 5) is 4.71. The van der Waals surface area contributed by atoms with Gasteiger partial charge in [-0.25, -0.2) is 4.98 Å². The topological polar surface area (TPSA) is 12.9 Å². The second-order valence-electron chi connectivity index (χ2n) is 4.30. The van der Waals surface area contributed by atoms with Crippen molar-refractivity contribution in [2.24, 2.45) is 0 Å². The first-order valence-electron chi connectivity index (χ1n) is 6.05. The van der Waals surface area contributed by atoms with E-state index >= 15 is 0 Å². The largest absolute Gasteiger partial charge is 0.241 e. The van der Waals surface area contributed by atoms with Gasteiger partial charge in [0.05, 0.1) is 10.7 Å². The maximum atomic E-state index is 4.71. The molecular formula is C16H12BrNS. The van der Waals surface area contributed by atoms with Crippen molar-refractivity contribution < 1.29 is 0 Å². The van der Waals surface area contributed by atoms with Crippen molar-refractivity contribution in [3.8, 4) is 11.3 Å². The van der Waals surface area contributed by atoms with Crippen LogP contribution in [0.5, 0.6) is 0 Å². The van der Waals surface area contributed by atoms with Crippen molar-refractivity contribution >= 4 is 27.3 Å². The second kappa shape index (κ2) is 5.68. The molecule has 94 valence electrons. The van der Waals surface area contributed by atoms with Gasteiger partial charge in [0.1, 0.15) is 0 Å². The van der Waals surface area contributed by atoms with Gasteiger partial charge in [-0.2, -0.15) is 0 Å². The molecule has 0 unspecified atom stereocenters. The van der Waals surface area contributed by atoms with Gasteiger partial charge in [-0.1, -0.05) is 58.4 Å². The summed E-state index contributed by atoms with van der Waals surface area (Å²) in [7, 11) is 0. The molecular weight excluding hydrogens is 318 g/mol. The molecule has 0 radical (unpaired) electrons. The molecule has 0 atom stereocenters. The first-order valence-corrected chi connectivity index (χ1v) is 7.73. The molecule has 0 aliphatic carbocycles. The van der Waals surface area contributed by atoms with Crippen LogP contribution in [-0.2, 0) is 6.42 Å². The monoisotopic (exact) mass is 329 g/mol. The molecule has 0 bridgehead atoms. The highest BCUT2D eigenvalue weighted by Gasteiger charge is 2.05. The number of rotatable bonds is 3. The molecule has 0 amide bonds. The van der Waals surface area contributed by atoms with Crippen LogP contribution in [0.2, 0.25) is 0 Å². The van der Waals surface area contributed by atoms with Crippen molar-refractivity contribution in [3.05, 3.63) is 75.0 Å². The molecule has 3 rings (SSSR count). The van der Waals surface area contributed by atoms with E-state index in [4.69, 9.17) is 4.98 Å². The Morgan fingerprint density at radius 2 is 1.68 bits per heavy atom. The van der Waals surface area contributed by atoms with Crippen LogP contribution in [0.1, 0.15) is 10.6 Å². The SMILES string of the molecule is Brc1ccc(-c2csc(Cc3ccccc3)n2)cc1. The minimum absolute atomic E-state index is 0.905. The lowest BCUT2D eigenvalue weighted by Crippen LogP contribution is -1.86. The summed E-state index contributed by atoms with van der Waals surface area (Å²) in [5.41, 5.74) is 3.53. The van der Waals surface area contributed by atoms with Gasteiger partial charge in [-0.15, -0.1) is 11.3 Å². The average Bonchev–Trinajstić information content (AvgIpc) is 2.89. The molecule has 1 aromatic heterocycles. The predicted molar refractivity (Wildman–Crippen MR) is 84.5 cm³/mol. The fourth-order valence-electron chi connectivity index (χ4n) is 1.92. The van der Waals surface area contributed by atoms with Gasteiger partial charge < -0.3 is 0 Å². The Hall–Kier alpha value is -1.45.